The Balaban J connectivity index is 1.75. The number of benzene rings is 1. The van der Waals surface area contributed by atoms with E-state index in [0.29, 0.717) is 0 Å². The van der Waals surface area contributed by atoms with E-state index in [9.17, 15) is 24.1 Å². The van der Waals surface area contributed by atoms with E-state index in [-0.39, 0.29) is 18.5 Å². The van der Waals surface area contributed by atoms with Crippen LogP contribution in [0.3, 0.4) is 0 Å². The van der Waals surface area contributed by atoms with Crippen LogP contribution in [0.25, 0.3) is 0 Å². The van der Waals surface area contributed by atoms with Gasteiger partial charge in [-0.15, -0.1) is 0 Å². The fraction of sp³-hybridized carbons (Fsp3) is 0.500. The third kappa shape index (κ3) is 6.89. The normalized spacial score (nSPS) is 24.6. The molecule has 1 aliphatic heterocycles. The Kier molecular flexibility index (Phi) is 8.68. The number of rotatable bonds is 10. The molecule has 1 saturated heterocycles. The predicted octanol–water partition coefficient (Wildman–Crippen LogP) is 1.56. The number of esters is 1. The van der Waals surface area contributed by atoms with E-state index in [1.165, 1.54) is 13.1 Å². The fourth-order valence-corrected chi connectivity index (χ4v) is 4.98. The number of aliphatic hydroxyl groups excluding tert-OH is 1. The van der Waals surface area contributed by atoms with Crippen molar-refractivity contribution in [1.29, 1.82) is 0 Å². The number of para-hydroxylation sites is 1. The van der Waals surface area contributed by atoms with Crippen molar-refractivity contribution in [2.45, 2.75) is 58.3 Å². The van der Waals surface area contributed by atoms with Gasteiger partial charge in [-0.25, -0.2) is 9.36 Å². The number of hydrogen-bond donors (Lipinski definition) is 3. The Morgan fingerprint density at radius 2 is 1.91 bits per heavy atom. The van der Waals surface area contributed by atoms with Gasteiger partial charge in [0.1, 0.15) is 24.1 Å². The van der Waals surface area contributed by atoms with Gasteiger partial charge < -0.3 is 19.1 Å². The molecule has 1 fully saturated rings. The molecule has 1 aromatic heterocycles. The number of aromatic nitrogens is 2. The van der Waals surface area contributed by atoms with Gasteiger partial charge >= 0.3 is 19.4 Å². The second-order valence-electron chi connectivity index (χ2n) is 8.47. The SMILES string of the molecule is CC(C)OC(=O)[C@H](C)N[P@](=O)(OC[C@H]1O[C@@H](n2ccc(=O)[nH]c2=O)[C@@H](C)[C@@H]1O)Oc1ccccc1. The summed E-state index contributed by atoms with van der Waals surface area (Å²) in [6, 6.07) is 8.36. The van der Waals surface area contributed by atoms with Crippen LogP contribution in [-0.2, 0) is 23.4 Å². The van der Waals surface area contributed by atoms with Crippen LogP contribution < -0.4 is 20.9 Å². The minimum Gasteiger partial charge on any atom is -0.462 e. The zero-order valence-corrected chi connectivity index (χ0v) is 20.7. The highest BCUT2D eigenvalue weighted by Crippen LogP contribution is 2.46. The van der Waals surface area contributed by atoms with Crippen LogP contribution in [0.4, 0.5) is 0 Å². The third-order valence-electron chi connectivity index (χ3n) is 5.24. The smallest absolute Gasteiger partial charge is 0.459 e. The fourth-order valence-electron chi connectivity index (χ4n) is 3.48. The summed E-state index contributed by atoms with van der Waals surface area (Å²) in [7, 11) is -4.16. The summed E-state index contributed by atoms with van der Waals surface area (Å²) >= 11 is 0. The van der Waals surface area contributed by atoms with E-state index in [1.807, 2.05) is 0 Å². The minimum absolute atomic E-state index is 0.228. The van der Waals surface area contributed by atoms with E-state index < -0.39 is 55.4 Å². The number of aliphatic hydroxyl groups is 1. The van der Waals surface area contributed by atoms with Crippen LogP contribution in [0.1, 0.15) is 33.9 Å². The maximum absolute atomic E-state index is 13.6. The van der Waals surface area contributed by atoms with Crippen LogP contribution >= 0.6 is 7.75 Å². The lowest BCUT2D eigenvalue weighted by Gasteiger charge is -2.25. The van der Waals surface area contributed by atoms with Crippen molar-refractivity contribution in [3.05, 3.63) is 63.4 Å². The highest BCUT2D eigenvalue weighted by molar-refractivity contribution is 7.52. The van der Waals surface area contributed by atoms with E-state index >= 15 is 0 Å². The van der Waals surface area contributed by atoms with Crippen molar-refractivity contribution >= 4 is 13.7 Å². The van der Waals surface area contributed by atoms with Crippen LogP contribution in [0.5, 0.6) is 5.75 Å². The molecule has 0 amide bonds. The molecule has 3 rings (SSSR count). The number of nitrogens with zero attached hydrogens (tertiary/aromatic N) is 1. The summed E-state index contributed by atoms with van der Waals surface area (Å²) in [5.74, 6) is -0.981. The first-order valence-corrected chi connectivity index (χ1v) is 12.7. The van der Waals surface area contributed by atoms with Gasteiger partial charge in [-0.2, -0.15) is 5.09 Å². The molecule has 0 spiro atoms. The molecule has 1 aromatic carbocycles. The maximum Gasteiger partial charge on any atom is 0.459 e. The molecule has 6 atom stereocenters. The lowest BCUT2D eigenvalue weighted by atomic mass is 10.0. The lowest BCUT2D eigenvalue weighted by molar-refractivity contribution is -0.149. The monoisotopic (exact) mass is 511 g/mol. The second kappa shape index (κ2) is 11.3. The van der Waals surface area contributed by atoms with Crippen LogP contribution in [0.15, 0.2) is 52.2 Å². The van der Waals surface area contributed by atoms with Crippen molar-refractivity contribution in [2.75, 3.05) is 6.61 Å². The molecule has 35 heavy (non-hydrogen) atoms. The summed E-state index contributed by atoms with van der Waals surface area (Å²) < 4.78 is 36.8. The number of aromatic amines is 1. The highest BCUT2D eigenvalue weighted by atomic mass is 31.2. The van der Waals surface area contributed by atoms with Gasteiger partial charge in [-0.1, -0.05) is 25.1 Å². The second-order valence-corrected chi connectivity index (χ2v) is 10.2. The number of carbonyl (C=O) groups excluding carboxylic acids is 1. The Hall–Kier alpha value is -2.76. The quantitative estimate of drug-likeness (QED) is 0.316. The molecule has 192 valence electrons. The molecule has 0 radical (unpaired) electrons. The highest BCUT2D eigenvalue weighted by Gasteiger charge is 2.44. The summed E-state index contributed by atoms with van der Waals surface area (Å²) in [4.78, 5) is 37.9. The van der Waals surface area contributed by atoms with E-state index in [2.05, 4.69) is 10.1 Å². The molecule has 3 N–H and O–H groups in total. The van der Waals surface area contributed by atoms with E-state index in [0.717, 1.165) is 10.6 Å². The van der Waals surface area contributed by atoms with E-state index in [4.69, 9.17) is 18.5 Å². The molecule has 0 saturated carbocycles. The molecular formula is C22H30N3O9P. The van der Waals surface area contributed by atoms with Gasteiger partial charge in [0.05, 0.1) is 18.8 Å². The molecule has 0 aliphatic carbocycles. The van der Waals surface area contributed by atoms with Crippen molar-refractivity contribution in [3.63, 3.8) is 0 Å². The third-order valence-corrected chi connectivity index (χ3v) is 6.89. The number of nitrogens with one attached hydrogen (secondary N) is 2. The first-order chi connectivity index (χ1) is 16.5. The zero-order valence-electron chi connectivity index (χ0n) is 19.8. The Bertz CT molecular complexity index is 1170. The van der Waals surface area contributed by atoms with Crippen molar-refractivity contribution < 1.29 is 33.0 Å². The Morgan fingerprint density at radius 3 is 2.54 bits per heavy atom. The minimum atomic E-state index is -4.16. The van der Waals surface area contributed by atoms with Crippen LogP contribution in [-0.4, -0.2) is 51.6 Å². The topological polar surface area (TPSA) is 158 Å². The van der Waals surface area contributed by atoms with Crippen LogP contribution in [0, 0.1) is 5.92 Å². The van der Waals surface area contributed by atoms with Gasteiger partial charge in [0.25, 0.3) is 5.56 Å². The van der Waals surface area contributed by atoms with Crippen LogP contribution in [0.2, 0.25) is 0 Å². The van der Waals surface area contributed by atoms with Crippen molar-refractivity contribution in [1.82, 2.24) is 14.6 Å². The van der Waals surface area contributed by atoms with Gasteiger partial charge in [0.2, 0.25) is 0 Å². The van der Waals surface area contributed by atoms with E-state index in [1.54, 1.807) is 51.1 Å². The number of H-pyrrole nitrogens is 1. The predicted molar refractivity (Wildman–Crippen MR) is 125 cm³/mol. The first kappa shape index (κ1) is 26.8. The Labute approximate surface area is 201 Å². The average molecular weight is 511 g/mol. The molecule has 2 heterocycles. The molecule has 2 aromatic rings. The van der Waals surface area contributed by atoms with Crippen molar-refractivity contribution in [3.8, 4) is 5.75 Å². The summed E-state index contributed by atoms with van der Waals surface area (Å²) in [6.45, 7) is 6.10. The first-order valence-electron chi connectivity index (χ1n) is 11.1. The standard InChI is InChI=1S/C22H30N3O9P/c1-13(2)32-21(28)15(4)24-35(30,34-16-8-6-5-7-9-16)31-12-17-19(27)14(3)20(33-17)25-11-10-18(26)23-22(25)29/h5-11,13-15,17,19-20,27H,12H2,1-4H3,(H,24,30)(H,23,26,29)/t14-,15-,17+,19-,20+,35-/m0/s1. The summed E-state index contributed by atoms with van der Waals surface area (Å²) in [5, 5.41) is 13.2. The number of hydrogen-bond acceptors (Lipinski definition) is 9. The molecule has 0 bridgehead atoms. The molecule has 1 aliphatic rings. The Morgan fingerprint density at radius 1 is 1.23 bits per heavy atom. The summed E-state index contributed by atoms with van der Waals surface area (Å²) in [5.41, 5.74) is -1.26. The van der Waals surface area contributed by atoms with Gasteiger partial charge in [0, 0.05) is 18.2 Å². The number of carbonyl (C=O) groups is 1. The maximum atomic E-state index is 13.6. The average Bonchev–Trinajstić information content (AvgIpc) is 3.06. The molecular weight excluding hydrogens is 481 g/mol. The molecule has 0 unspecified atom stereocenters. The van der Waals surface area contributed by atoms with Gasteiger partial charge in [0.15, 0.2) is 0 Å². The largest absolute Gasteiger partial charge is 0.462 e. The van der Waals surface area contributed by atoms with Gasteiger partial charge in [-0.3, -0.25) is 23.7 Å². The molecule has 13 heteroatoms. The number of ether oxygens (including phenoxy) is 2. The van der Waals surface area contributed by atoms with Gasteiger partial charge in [-0.05, 0) is 32.9 Å². The zero-order chi connectivity index (χ0) is 25.8. The summed E-state index contributed by atoms with van der Waals surface area (Å²) in [6.07, 6.45) is -2.08. The molecule has 12 nitrogen and oxygen atoms in total. The van der Waals surface area contributed by atoms with Crippen molar-refractivity contribution in [2.24, 2.45) is 5.92 Å². The lowest BCUT2D eigenvalue weighted by Crippen LogP contribution is -2.37.